The van der Waals surface area contributed by atoms with Crippen LogP contribution < -0.4 is 5.43 Å². The van der Waals surface area contributed by atoms with Gasteiger partial charge in [0.2, 0.25) is 0 Å². The number of halogens is 4. The highest BCUT2D eigenvalue weighted by Crippen LogP contribution is 2.29. The van der Waals surface area contributed by atoms with E-state index < -0.39 is 17.6 Å². The second-order valence-corrected chi connectivity index (χ2v) is 8.43. The maximum absolute atomic E-state index is 12.6. The van der Waals surface area contributed by atoms with E-state index in [0.717, 1.165) is 35.1 Å². The molecule has 12 heteroatoms. The maximum atomic E-state index is 12.6. The van der Waals surface area contributed by atoms with Gasteiger partial charge in [0, 0.05) is 28.7 Å². The third-order valence-corrected chi connectivity index (χ3v) is 5.81. The summed E-state index contributed by atoms with van der Waals surface area (Å²) in [6.45, 7) is 0. The molecule has 2 aromatic carbocycles. The van der Waals surface area contributed by atoms with Gasteiger partial charge in [0.15, 0.2) is 11.0 Å². The Morgan fingerprint density at radius 2 is 1.71 bits per heavy atom. The SMILES string of the molecule is O=C(CSc1nnc(-c2ccncc2)n1-c1ccc(Cl)cc1)N/N=C\c1ccc(C(F)(F)F)cc1. The summed E-state index contributed by atoms with van der Waals surface area (Å²) in [6, 6.07) is 15.1. The molecule has 0 atom stereocenters. The first-order valence-electron chi connectivity index (χ1n) is 10.0. The van der Waals surface area contributed by atoms with E-state index in [1.807, 2.05) is 12.1 Å². The number of hydrogen-bond acceptors (Lipinski definition) is 6. The fraction of sp³-hybridized carbons (Fsp3) is 0.0870. The number of amides is 1. The molecule has 0 aliphatic carbocycles. The van der Waals surface area contributed by atoms with Crippen molar-refractivity contribution in [2.24, 2.45) is 5.10 Å². The third kappa shape index (κ3) is 6.25. The second kappa shape index (κ2) is 10.7. The monoisotopic (exact) mass is 516 g/mol. The number of carbonyl (C=O) groups excluding carboxylic acids is 1. The Morgan fingerprint density at radius 1 is 1.03 bits per heavy atom. The van der Waals surface area contributed by atoms with Crippen LogP contribution in [0.2, 0.25) is 5.02 Å². The largest absolute Gasteiger partial charge is 0.416 e. The molecule has 0 saturated carbocycles. The molecule has 0 fully saturated rings. The normalized spacial score (nSPS) is 11.7. The average molecular weight is 517 g/mol. The molecule has 1 amide bonds. The van der Waals surface area contributed by atoms with Crippen LogP contribution in [0.3, 0.4) is 0 Å². The molecular formula is C23H16ClF3N6OS. The van der Waals surface area contributed by atoms with Gasteiger partial charge in [-0.15, -0.1) is 10.2 Å². The third-order valence-electron chi connectivity index (χ3n) is 4.63. The van der Waals surface area contributed by atoms with Gasteiger partial charge in [0.1, 0.15) is 0 Å². The van der Waals surface area contributed by atoms with E-state index >= 15 is 0 Å². The fourth-order valence-corrected chi connectivity index (χ4v) is 3.84. The summed E-state index contributed by atoms with van der Waals surface area (Å²) in [5, 5.41) is 13.4. The molecule has 1 N–H and O–H groups in total. The summed E-state index contributed by atoms with van der Waals surface area (Å²) in [5.74, 6) is 0.124. The van der Waals surface area contributed by atoms with Crippen LogP contribution in [0.1, 0.15) is 11.1 Å². The molecule has 4 aromatic rings. The van der Waals surface area contributed by atoms with Gasteiger partial charge in [-0.1, -0.05) is 35.5 Å². The van der Waals surface area contributed by atoms with Gasteiger partial charge in [-0.25, -0.2) is 5.43 Å². The minimum Gasteiger partial charge on any atom is -0.272 e. The Hall–Kier alpha value is -3.70. The molecule has 0 saturated heterocycles. The number of carbonyl (C=O) groups is 1. The molecule has 178 valence electrons. The van der Waals surface area contributed by atoms with Crippen LogP contribution in [0, 0.1) is 0 Å². The first-order chi connectivity index (χ1) is 16.8. The molecule has 7 nitrogen and oxygen atoms in total. The van der Waals surface area contributed by atoms with Crippen molar-refractivity contribution in [3.63, 3.8) is 0 Å². The van der Waals surface area contributed by atoms with Crippen LogP contribution in [0.5, 0.6) is 0 Å². The number of hydrazone groups is 1. The minimum atomic E-state index is -4.41. The summed E-state index contributed by atoms with van der Waals surface area (Å²) in [7, 11) is 0. The van der Waals surface area contributed by atoms with Gasteiger partial charge >= 0.3 is 6.18 Å². The summed E-state index contributed by atoms with van der Waals surface area (Å²) in [6.07, 6.45) is 0.141. The second-order valence-electron chi connectivity index (χ2n) is 7.06. The smallest absolute Gasteiger partial charge is 0.272 e. The van der Waals surface area contributed by atoms with Crippen LogP contribution in [0.15, 0.2) is 83.3 Å². The quantitative estimate of drug-likeness (QED) is 0.206. The topological polar surface area (TPSA) is 85.1 Å². The fourth-order valence-electron chi connectivity index (χ4n) is 2.97. The molecule has 0 bridgehead atoms. The van der Waals surface area contributed by atoms with Crippen molar-refractivity contribution >= 4 is 35.5 Å². The van der Waals surface area contributed by atoms with Gasteiger partial charge in [-0.2, -0.15) is 18.3 Å². The van der Waals surface area contributed by atoms with Crippen LogP contribution in [0.4, 0.5) is 13.2 Å². The van der Waals surface area contributed by atoms with E-state index in [0.29, 0.717) is 21.6 Å². The minimum absolute atomic E-state index is 0.0214. The van der Waals surface area contributed by atoms with Crippen LogP contribution in [-0.2, 0) is 11.0 Å². The van der Waals surface area contributed by atoms with E-state index in [1.165, 1.54) is 18.3 Å². The lowest BCUT2D eigenvalue weighted by molar-refractivity contribution is -0.137. The van der Waals surface area contributed by atoms with Gasteiger partial charge in [-0.05, 0) is 54.1 Å². The first-order valence-corrected chi connectivity index (χ1v) is 11.4. The van der Waals surface area contributed by atoms with Gasteiger partial charge < -0.3 is 0 Å². The Bertz CT molecular complexity index is 1330. The van der Waals surface area contributed by atoms with E-state index in [4.69, 9.17) is 11.6 Å². The first kappa shape index (κ1) is 24.4. The summed E-state index contributed by atoms with van der Waals surface area (Å²) in [4.78, 5) is 16.3. The van der Waals surface area contributed by atoms with E-state index in [-0.39, 0.29) is 5.75 Å². The number of nitrogens with zero attached hydrogens (tertiary/aromatic N) is 5. The van der Waals surface area contributed by atoms with Crippen molar-refractivity contribution in [3.05, 3.63) is 89.2 Å². The van der Waals surface area contributed by atoms with Crippen molar-refractivity contribution in [2.45, 2.75) is 11.3 Å². The van der Waals surface area contributed by atoms with Crippen molar-refractivity contribution in [1.29, 1.82) is 0 Å². The van der Waals surface area contributed by atoms with Crippen molar-refractivity contribution in [1.82, 2.24) is 25.2 Å². The molecule has 2 aromatic heterocycles. The number of nitrogens with one attached hydrogen (secondary N) is 1. The molecule has 0 radical (unpaired) electrons. The molecule has 35 heavy (non-hydrogen) atoms. The van der Waals surface area contributed by atoms with Crippen molar-refractivity contribution in [3.8, 4) is 17.1 Å². The molecule has 0 aliphatic rings. The summed E-state index contributed by atoms with van der Waals surface area (Å²) >= 11 is 7.17. The van der Waals surface area contributed by atoms with Crippen LogP contribution in [-0.4, -0.2) is 37.6 Å². The van der Waals surface area contributed by atoms with Crippen LogP contribution >= 0.6 is 23.4 Å². The standard InChI is InChI=1S/C23H16ClF3N6OS/c24-18-5-7-19(8-6-18)33-21(16-9-11-28-12-10-16)31-32-22(33)35-14-20(34)30-29-13-15-1-3-17(4-2-15)23(25,26)27/h1-13H,14H2,(H,30,34)/b29-13-. The Morgan fingerprint density at radius 3 is 2.37 bits per heavy atom. The van der Waals surface area contributed by atoms with Gasteiger partial charge in [0.25, 0.3) is 5.91 Å². The highest BCUT2D eigenvalue weighted by atomic mass is 35.5. The number of alkyl halides is 3. The molecule has 0 unspecified atom stereocenters. The predicted octanol–water partition coefficient (Wildman–Crippen LogP) is 5.24. The predicted molar refractivity (Wildman–Crippen MR) is 128 cm³/mol. The zero-order valence-electron chi connectivity index (χ0n) is 17.8. The lowest BCUT2D eigenvalue weighted by Gasteiger charge is -2.10. The van der Waals surface area contributed by atoms with Crippen molar-refractivity contribution < 1.29 is 18.0 Å². The number of pyridine rings is 1. The van der Waals surface area contributed by atoms with Gasteiger partial charge in [0.05, 0.1) is 17.5 Å². The van der Waals surface area contributed by atoms with Crippen LogP contribution in [0.25, 0.3) is 17.1 Å². The Kier molecular flexibility index (Phi) is 7.47. The number of aromatic nitrogens is 4. The molecule has 0 aliphatic heterocycles. The number of rotatable bonds is 7. The van der Waals surface area contributed by atoms with E-state index in [2.05, 4.69) is 25.7 Å². The molecule has 0 spiro atoms. The molecule has 2 heterocycles. The lowest BCUT2D eigenvalue weighted by atomic mass is 10.1. The molecule has 4 rings (SSSR count). The summed E-state index contributed by atoms with van der Waals surface area (Å²) in [5.41, 5.74) is 3.56. The number of thioether (sulfide) groups is 1. The van der Waals surface area contributed by atoms with Gasteiger partial charge in [-0.3, -0.25) is 14.3 Å². The maximum Gasteiger partial charge on any atom is 0.416 e. The highest BCUT2D eigenvalue weighted by molar-refractivity contribution is 7.99. The average Bonchev–Trinajstić information content (AvgIpc) is 3.27. The number of benzene rings is 2. The van der Waals surface area contributed by atoms with E-state index in [1.54, 1.807) is 41.2 Å². The zero-order chi connectivity index (χ0) is 24.8. The molecular weight excluding hydrogens is 501 g/mol. The Labute approximate surface area is 207 Å². The number of hydrogen-bond donors (Lipinski definition) is 1. The highest BCUT2D eigenvalue weighted by Gasteiger charge is 2.29. The van der Waals surface area contributed by atoms with Crippen molar-refractivity contribution in [2.75, 3.05) is 5.75 Å². The zero-order valence-corrected chi connectivity index (χ0v) is 19.3. The summed E-state index contributed by atoms with van der Waals surface area (Å²) < 4.78 is 39.7. The Balaban J connectivity index is 1.44. The lowest BCUT2D eigenvalue weighted by Crippen LogP contribution is -2.20. The van der Waals surface area contributed by atoms with E-state index in [9.17, 15) is 18.0 Å².